The normalized spacial score (nSPS) is 10.4. The Morgan fingerprint density at radius 2 is 2.05 bits per heavy atom. The van der Waals surface area contributed by atoms with Crippen molar-refractivity contribution in [2.75, 3.05) is 25.6 Å². The molecule has 0 atom stereocenters. The van der Waals surface area contributed by atoms with Gasteiger partial charge >= 0.3 is 0 Å². The summed E-state index contributed by atoms with van der Waals surface area (Å²) in [5, 5.41) is 3.36. The summed E-state index contributed by atoms with van der Waals surface area (Å²) in [6.07, 6.45) is 1.80. The SMILES string of the molecule is COCCOCc1cccc(NCc2ccccn2)c1. The van der Waals surface area contributed by atoms with Gasteiger partial charge in [-0.05, 0) is 29.8 Å². The molecular weight excluding hydrogens is 252 g/mol. The van der Waals surface area contributed by atoms with Gasteiger partial charge in [-0.2, -0.15) is 0 Å². The second-order valence-electron chi connectivity index (χ2n) is 4.42. The van der Waals surface area contributed by atoms with Gasteiger partial charge < -0.3 is 14.8 Å². The van der Waals surface area contributed by atoms with E-state index in [9.17, 15) is 0 Å². The van der Waals surface area contributed by atoms with Gasteiger partial charge in [-0.15, -0.1) is 0 Å². The van der Waals surface area contributed by atoms with Crippen LogP contribution in [0.1, 0.15) is 11.3 Å². The van der Waals surface area contributed by atoms with Crippen molar-refractivity contribution in [3.63, 3.8) is 0 Å². The lowest BCUT2D eigenvalue weighted by molar-refractivity contribution is 0.0617. The molecule has 0 amide bonds. The average Bonchev–Trinajstić information content (AvgIpc) is 2.51. The predicted octanol–water partition coefficient (Wildman–Crippen LogP) is 2.86. The van der Waals surface area contributed by atoms with Crippen LogP contribution < -0.4 is 5.32 Å². The molecule has 0 radical (unpaired) electrons. The van der Waals surface area contributed by atoms with Crippen LogP contribution in [0.2, 0.25) is 0 Å². The smallest absolute Gasteiger partial charge is 0.0718 e. The second kappa shape index (κ2) is 8.30. The van der Waals surface area contributed by atoms with Gasteiger partial charge in [-0.3, -0.25) is 4.98 Å². The van der Waals surface area contributed by atoms with Crippen LogP contribution in [0, 0.1) is 0 Å². The molecule has 0 aliphatic heterocycles. The molecule has 106 valence electrons. The van der Waals surface area contributed by atoms with Crippen molar-refractivity contribution in [3.05, 3.63) is 59.9 Å². The number of aromatic nitrogens is 1. The van der Waals surface area contributed by atoms with Gasteiger partial charge in [0.05, 0.1) is 32.1 Å². The van der Waals surface area contributed by atoms with E-state index in [2.05, 4.69) is 22.4 Å². The topological polar surface area (TPSA) is 43.4 Å². The molecule has 0 aliphatic rings. The number of hydrogen-bond donors (Lipinski definition) is 1. The number of benzene rings is 1. The van der Waals surface area contributed by atoms with Gasteiger partial charge in [0.2, 0.25) is 0 Å². The van der Waals surface area contributed by atoms with E-state index < -0.39 is 0 Å². The third kappa shape index (κ3) is 4.99. The Bertz CT molecular complexity index is 503. The molecule has 0 saturated carbocycles. The van der Waals surface area contributed by atoms with E-state index in [1.165, 1.54) is 0 Å². The third-order valence-corrected chi connectivity index (χ3v) is 2.83. The molecule has 2 rings (SSSR count). The minimum absolute atomic E-state index is 0.600. The van der Waals surface area contributed by atoms with E-state index in [0.717, 1.165) is 23.5 Å². The third-order valence-electron chi connectivity index (χ3n) is 2.83. The minimum Gasteiger partial charge on any atom is -0.382 e. The van der Waals surface area contributed by atoms with Crippen molar-refractivity contribution < 1.29 is 9.47 Å². The molecular formula is C16H20N2O2. The van der Waals surface area contributed by atoms with Gasteiger partial charge in [-0.1, -0.05) is 18.2 Å². The van der Waals surface area contributed by atoms with E-state index in [1.807, 2.05) is 30.3 Å². The molecule has 4 nitrogen and oxygen atoms in total. The van der Waals surface area contributed by atoms with E-state index >= 15 is 0 Å². The van der Waals surface area contributed by atoms with Crippen LogP contribution in [0.25, 0.3) is 0 Å². The molecule has 1 heterocycles. The monoisotopic (exact) mass is 272 g/mol. The van der Waals surface area contributed by atoms with E-state index in [0.29, 0.717) is 19.8 Å². The highest BCUT2D eigenvalue weighted by molar-refractivity contribution is 5.45. The molecule has 0 unspecified atom stereocenters. The number of rotatable bonds is 8. The van der Waals surface area contributed by atoms with Crippen LogP contribution in [-0.4, -0.2) is 25.3 Å². The van der Waals surface area contributed by atoms with Crippen LogP contribution in [0.5, 0.6) is 0 Å². The van der Waals surface area contributed by atoms with Crippen LogP contribution >= 0.6 is 0 Å². The maximum atomic E-state index is 5.51. The summed E-state index contributed by atoms with van der Waals surface area (Å²) in [6, 6.07) is 14.1. The average molecular weight is 272 g/mol. The number of ether oxygens (including phenoxy) is 2. The first-order valence-corrected chi connectivity index (χ1v) is 6.68. The summed E-state index contributed by atoms with van der Waals surface area (Å²) in [5.41, 5.74) is 3.24. The Morgan fingerprint density at radius 3 is 2.85 bits per heavy atom. The highest BCUT2D eigenvalue weighted by atomic mass is 16.5. The standard InChI is InChI=1S/C16H20N2O2/c1-19-9-10-20-13-14-5-4-7-15(11-14)18-12-16-6-2-3-8-17-16/h2-8,11,18H,9-10,12-13H2,1H3. The largest absolute Gasteiger partial charge is 0.382 e. The number of nitrogens with one attached hydrogen (secondary N) is 1. The fourth-order valence-corrected chi connectivity index (χ4v) is 1.80. The molecule has 1 aromatic carbocycles. The number of methoxy groups -OCH3 is 1. The molecule has 20 heavy (non-hydrogen) atoms. The summed E-state index contributed by atoms with van der Waals surface area (Å²) in [7, 11) is 1.67. The van der Waals surface area contributed by atoms with Crippen LogP contribution in [0.3, 0.4) is 0 Å². The van der Waals surface area contributed by atoms with Crippen molar-refractivity contribution in [1.82, 2.24) is 4.98 Å². The lowest BCUT2D eigenvalue weighted by Gasteiger charge is -2.08. The highest BCUT2D eigenvalue weighted by Crippen LogP contribution is 2.12. The summed E-state index contributed by atoms with van der Waals surface area (Å²) in [6.45, 7) is 2.55. The Balaban J connectivity index is 1.83. The van der Waals surface area contributed by atoms with Crippen molar-refractivity contribution in [2.24, 2.45) is 0 Å². The second-order valence-corrected chi connectivity index (χ2v) is 4.42. The van der Waals surface area contributed by atoms with Crippen molar-refractivity contribution in [1.29, 1.82) is 0 Å². The molecule has 0 spiro atoms. The molecule has 0 aliphatic carbocycles. The van der Waals surface area contributed by atoms with Gasteiger partial charge in [0, 0.05) is 19.0 Å². The van der Waals surface area contributed by atoms with Gasteiger partial charge in [0.1, 0.15) is 0 Å². The van der Waals surface area contributed by atoms with Crippen LogP contribution in [0.4, 0.5) is 5.69 Å². The van der Waals surface area contributed by atoms with Crippen molar-refractivity contribution in [3.8, 4) is 0 Å². The Kier molecular flexibility index (Phi) is 6.02. The fourth-order valence-electron chi connectivity index (χ4n) is 1.80. The molecule has 4 heteroatoms. The minimum atomic E-state index is 0.600. The Labute approximate surface area is 119 Å². The Hall–Kier alpha value is -1.91. The van der Waals surface area contributed by atoms with E-state index in [4.69, 9.17) is 9.47 Å². The molecule has 0 bridgehead atoms. The number of pyridine rings is 1. The van der Waals surface area contributed by atoms with Gasteiger partial charge in [-0.25, -0.2) is 0 Å². The van der Waals surface area contributed by atoms with E-state index in [1.54, 1.807) is 13.3 Å². The number of hydrogen-bond acceptors (Lipinski definition) is 4. The first kappa shape index (κ1) is 14.5. The molecule has 0 fully saturated rings. The maximum Gasteiger partial charge on any atom is 0.0718 e. The highest BCUT2D eigenvalue weighted by Gasteiger charge is 1.98. The summed E-state index contributed by atoms with van der Waals surface area (Å²) >= 11 is 0. The molecule has 2 aromatic rings. The number of nitrogens with zero attached hydrogens (tertiary/aromatic N) is 1. The predicted molar refractivity (Wildman–Crippen MR) is 79.5 cm³/mol. The lowest BCUT2D eigenvalue weighted by Crippen LogP contribution is -2.03. The molecule has 0 saturated heterocycles. The zero-order valence-corrected chi connectivity index (χ0v) is 11.7. The van der Waals surface area contributed by atoms with Crippen LogP contribution in [0.15, 0.2) is 48.7 Å². The lowest BCUT2D eigenvalue weighted by atomic mass is 10.2. The summed E-state index contributed by atoms with van der Waals surface area (Å²) < 4.78 is 10.5. The maximum absolute atomic E-state index is 5.51. The van der Waals surface area contributed by atoms with E-state index in [-0.39, 0.29) is 0 Å². The Morgan fingerprint density at radius 1 is 1.10 bits per heavy atom. The van der Waals surface area contributed by atoms with Gasteiger partial charge in [0.25, 0.3) is 0 Å². The van der Waals surface area contributed by atoms with Crippen LogP contribution in [-0.2, 0) is 22.6 Å². The fraction of sp³-hybridized carbons (Fsp3) is 0.312. The molecule has 1 N–H and O–H groups in total. The quantitative estimate of drug-likeness (QED) is 0.750. The zero-order valence-electron chi connectivity index (χ0n) is 11.7. The first-order valence-electron chi connectivity index (χ1n) is 6.68. The van der Waals surface area contributed by atoms with Crippen molar-refractivity contribution in [2.45, 2.75) is 13.2 Å². The summed E-state index contributed by atoms with van der Waals surface area (Å²) in [5.74, 6) is 0. The number of anilines is 1. The molecule has 1 aromatic heterocycles. The van der Waals surface area contributed by atoms with Crippen molar-refractivity contribution >= 4 is 5.69 Å². The zero-order chi connectivity index (χ0) is 14.0. The van der Waals surface area contributed by atoms with Gasteiger partial charge in [0.15, 0.2) is 0 Å². The summed E-state index contributed by atoms with van der Waals surface area (Å²) in [4.78, 5) is 4.29. The first-order chi connectivity index (χ1) is 9.88.